The molecule has 0 aromatic heterocycles. The van der Waals surface area contributed by atoms with Crippen LogP contribution in [-0.4, -0.2) is 34.6 Å². The fraction of sp³-hybridized carbons (Fsp3) is 0.200. The first kappa shape index (κ1) is 20.4. The van der Waals surface area contributed by atoms with Gasteiger partial charge in [0.05, 0.1) is 0 Å². The number of nitrogens with zero attached hydrogens (tertiary/aromatic N) is 3. The fourth-order valence-electron chi connectivity index (χ4n) is 2.02. The van der Waals surface area contributed by atoms with Crippen molar-refractivity contribution in [3.63, 3.8) is 0 Å². The quantitative estimate of drug-likeness (QED) is 0.566. The Hall–Kier alpha value is -1.60. The number of halogens is 2. The van der Waals surface area contributed by atoms with Crippen molar-refractivity contribution in [2.75, 3.05) is 35.5 Å². The first-order chi connectivity index (χ1) is 11.4. The topological polar surface area (TPSA) is 9.72 Å². The van der Waals surface area contributed by atoms with Crippen molar-refractivity contribution in [1.29, 1.82) is 0 Å². The molecule has 1 atom stereocenters. The summed E-state index contributed by atoms with van der Waals surface area (Å²) < 4.78 is 27.5. The van der Waals surface area contributed by atoms with E-state index >= 15 is 0 Å². The van der Waals surface area contributed by atoms with Crippen LogP contribution in [0.5, 0.6) is 0 Å². The van der Waals surface area contributed by atoms with Crippen LogP contribution in [0.3, 0.4) is 0 Å². The monoisotopic (exact) mass is 363 g/mol. The molecule has 0 bridgehead atoms. The van der Waals surface area contributed by atoms with Crippen molar-refractivity contribution in [2.45, 2.75) is 0 Å². The second-order valence-electron chi connectivity index (χ2n) is 4.83. The van der Waals surface area contributed by atoms with Crippen LogP contribution in [0.4, 0.5) is 31.1 Å². The zero-order chi connectivity index (χ0) is 18.3. The Labute approximate surface area is 151 Å². The van der Waals surface area contributed by atoms with Crippen molar-refractivity contribution >= 4 is 59.1 Å². The van der Waals surface area contributed by atoms with E-state index in [-0.39, 0.29) is 0 Å². The molecular weight excluding hydrogens is 346 g/mol. The molecule has 0 amide bonds. The third-order valence-electron chi connectivity index (χ3n) is 3.46. The van der Waals surface area contributed by atoms with Gasteiger partial charge in [-0.1, -0.05) is 0 Å². The summed E-state index contributed by atoms with van der Waals surface area (Å²) in [4.78, 5) is 1.96. The average molecular weight is 363 g/mol. The molecule has 1 unspecified atom stereocenters. The average Bonchev–Trinajstić information content (AvgIpc) is 2.62. The number of rotatable bonds is 5. The van der Waals surface area contributed by atoms with Gasteiger partial charge in [0.1, 0.15) is 0 Å². The molecule has 24 heavy (non-hydrogen) atoms. The fourth-order valence-corrected chi connectivity index (χ4v) is 2.34. The van der Waals surface area contributed by atoms with Gasteiger partial charge >= 0.3 is 140 Å². The Morgan fingerprint density at radius 3 is 1.46 bits per heavy atom. The van der Waals surface area contributed by atoms with E-state index < -0.39 is 10.9 Å². The van der Waals surface area contributed by atoms with E-state index in [1.807, 2.05) is 48.3 Å². The summed E-state index contributed by atoms with van der Waals surface area (Å²) in [5.41, 5.74) is 3.07. The van der Waals surface area contributed by atoms with E-state index in [0.717, 1.165) is 11.4 Å². The summed E-state index contributed by atoms with van der Waals surface area (Å²) in [6, 6.07) is 14.5. The van der Waals surface area contributed by atoms with Crippen molar-refractivity contribution in [3.8, 4) is 0 Å². The van der Waals surface area contributed by atoms with Gasteiger partial charge in [-0.3, -0.25) is 0 Å². The summed E-state index contributed by atoms with van der Waals surface area (Å²) in [5.74, 6) is 0. The normalized spacial score (nSPS) is 11.0. The van der Waals surface area contributed by atoms with E-state index in [2.05, 4.69) is 18.8 Å². The molecule has 2 rings (SSSR count). The Balaban J connectivity index is 0.00000139. The first-order valence-electron chi connectivity index (χ1n) is 6.86. The molecule has 0 N–H and O–H groups in total. The third kappa shape index (κ3) is 5.21. The molecule has 0 aliphatic carbocycles. The molecule has 9 heteroatoms. The number of hydrogen-bond donors (Lipinski definition) is 0. The van der Waals surface area contributed by atoms with Crippen LogP contribution in [0.2, 0.25) is 0 Å². The standard InChI is InChI=1S/C15H17BF2N3S.BS/c1-19(12-4-8-14(9-5-12)20(2)17)13-6-10-15(11-7-13)21(3)22(16)18;1-2/h4-11H,1-3H3;. The SMILES string of the molecule is [B]=S.[B]=S(F)N(C)c1ccc(N(C)c2ccc(N(C)F)cc2)cc1. The summed E-state index contributed by atoms with van der Waals surface area (Å²) in [7, 11) is 3.08. The van der Waals surface area contributed by atoms with Gasteiger partial charge in [0.15, 0.2) is 0 Å². The third-order valence-corrected chi connectivity index (χ3v) is 4.19. The summed E-state index contributed by atoms with van der Waals surface area (Å²) in [6.07, 6.45) is 0. The molecule has 0 fully saturated rings. The molecule has 0 saturated carbocycles. The maximum atomic E-state index is 13.1. The zero-order valence-electron chi connectivity index (χ0n) is 13.7. The van der Waals surface area contributed by atoms with Gasteiger partial charge in [0.2, 0.25) is 0 Å². The summed E-state index contributed by atoms with van der Waals surface area (Å²) in [6.45, 7) is 9.32. The molecule has 0 aliphatic heterocycles. The summed E-state index contributed by atoms with van der Waals surface area (Å²) in [5, 5.41) is 0.565. The van der Waals surface area contributed by atoms with Gasteiger partial charge in [-0.05, 0) is 0 Å². The van der Waals surface area contributed by atoms with Gasteiger partial charge < -0.3 is 0 Å². The van der Waals surface area contributed by atoms with Gasteiger partial charge in [0.25, 0.3) is 0 Å². The van der Waals surface area contributed by atoms with Gasteiger partial charge in [-0.25, -0.2) is 0 Å². The molecular formula is C15H17B2F2N3S2. The van der Waals surface area contributed by atoms with Crippen LogP contribution in [0.25, 0.3) is 0 Å². The van der Waals surface area contributed by atoms with Gasteiger partial charge in [-0.2, -0.15) is 0 Å². The second-order valence-corrected chi connectivity index (χ2v) is 5.90. The molecule has 0 spiro atoms. The van der Waals surface area contributed by atoms with E-state index in [1.165, 1.54) is 11.4 Å². The molecule has 124 valence electrons. The zero-order valence-corrected chi connectivity index (χ0v) is 15.3. The van der Waals surface area contributed by atoms with E-state index in [4.69, 9.17) is 6.72 Å². The minimum atomic E-state index is -1.79. The van der Waals surface area contributed by atoms with E-state index in [0.29, 0.717) is 16.5 Å². The number of anilines is 4. The summed E-state index contributed by atoms with van der Waals surface area (Å²) >= 11 is 3.58. The van der Waals surface area contributed by atoms with Crippen molar-refractivity contribution < 1.29 is 8.37 Å². The van der Waals surface area contributed by atoms with Crippen LogP contribution >= 0.6 is 22.9 Å². The molecule has 0 aliphatic rings. The molecule has 2 aromatic carbocycles. The van der Waals surface area contributed by atoms with Crippen molar-refractivity contribution in [1.82, 2.24) is 0 Å². The second kappa shape index (κ2) is 9.64. The van der Waals surface area contributed by atoms with Crippen LogP contribution in [-0.2, 0) is 0 Å². The predicted molar refractivity (Wildman–Crippen MR) is 107 cm³/mol. The molecule has 2 aromatic rings. The van der Waals surface area contributed by atoms with Crippen molar-refractivity contribution in [2.24, 2.45) is 0 Å². The Morgan fingerprint density at radius 1 is 0.792 bits per heavy atom. The van der Waals surface area contributed by atoms with Crippen molar-refractivity contribution in [3.05, 3.63) is 48.5 Å². The Morgan fingerprint density at radius 2 is 1.12 bits per heavy atom. The van der Waals surface area contributed by atoms with Crippen LogP contribution in [0.1, 0.15) is 0 Å². The Bertz CT molecular complexity index is 669. The maximum absolute atomic E-state index is 13.1. The van der Waals surface area contributed by atoms with E-state index in [1.54, 1.807) is 19.2 Å². The van der Waals surface area contributed by atoms with Gasteiger partial charge in [-0.15, -0.1) is 4.48 Å². The molecule has 0 saturated heterocycles. The molecule has 3 nitrogen and oxygen atoms in total. The number of hydrogen-bond acceptors (Lipinski definition) is 4. The minimum absolute atomic E-state index is 0.493. The molecule has 0 heterocycles. The van der Waals surface area contributed by atoms with Crippen LogP contribution in [0.15, 0.2) is 48.5 Å². The molecule has 2 radical (unpaired) electrons. The van der Waals surface area contributed by atoms with Crippen LogP contribution in [0, 0.1) is 0 Å². The van der Waals surface area contributed by atoms with Crippen LogP contribution < -0.4 is 14.3 Å². The first-order valence-corrected chi connectivity index (χ1v) is 8.47. The Kier molecular flexibility index (Phi) is 8.21. The van der Waals surface area contributed by atoms with Gasteiger partial charge in [0, 0.05) is 7.05 Å². The van der Waals surface area contributed by atoms with E-state index in [9.17, 15) is 8.37 Å². The number of benzene rings is 2. The predicted octanol–water partition coefficient (Wildman–Crippen LogP) is 4.63.